The summed E-state index contributed by atoms with van der Waals surface area (Å²) in [6, 6.07) is 7.75. The highest BCUT2D eigenvalue weighted by Gasteiger charge is 2.00. The molecule has 0 bridgehead atoms. The van der Waals surface area contributed by atoms with E-state index in [9.17, 15) is 4.79 Å². The van der Waals surface area contributed by atoms with Gasteiger partial charge in [-0.1, -0.05) is 6.07 Å². The molecule has 1 N–H and O–H groups in total. The molecule has 0 aliphatic rings. The van der Waals surface area contributed by atoms with Gasteiger partial charge in [0.25, 0.3) is 0 Å². The van der Waals surface area contributed by atoms with E-state index in [1.165, 1.54) is 11.8 Å². The first-order valence-corrected chi connectivity index (χ1v) is 6.24. The quantitative estimate of drug-likeness (QED) is 0.870. The fourth-order valence-corrected chi connectivity index (χ4v) is 1.77. The molecule has 0 aliphatic heterocycles. The molecule has 0 fully saturated rings. The maximum atomic E-state index is 11.2. The average molecular weight is 307 g/mol. The molecular formula is C9H10INOS. The third-order valence-corrected chi connectivity index (χ3v) is 2.61. The zero-order chi connectivity index (χ0) is 9.68. The molecule has 1 aromatic carbocycles. The number of nitrogens with one attached hydrogen (secondary N) is 1. The normalized spacial score (nSPS) is 9.69. The van der Waals surface area contributed by atoms with Crippen LogP contribution in [-0.4, -0.2) is 17.9 Å². The molecule has 0 saturated carbocycles. The molecule has 0 saturated heterocycles. The minimum atomic E-state index is 0.0505. The summed E-state index contributed by atoms with van der Waals surface area (Å²) in [5.41, 5.74) is 0.867. The van der Waals surface area contributed by atoms with Crippen LogP contribution in [0.2, 0.25) is 0 Å². The van der Waals surface area contributed by atoms with Crippen molar-refractivity contribution < 1.29 is 4.79 Å². The van der Waals surface area contributed by atoms with Crippen LogP contribution in [0.25, 0.3) is 0 Å². The highest BCUT2D eigenvalue weighted by Crippen LogP contribution is 2.12. The zero-order valence-electron chi connectivity index (χ0n) is 7.21. The molecule has 1 aromatic rings. The number of rotatable bonds is 3. The van der Waals surface area contributed by atoms with Gasteiger partial charge in [0.05, 0.1) is 5.75 Å². The van der Waals surface area contributed by atoms with Crippen molar-refractivity contribution in [2.45, 2.75) is 0 Å². The van der Waals surface area contributed by atoms with E-state index in [1.807, 2.05) is 30.5 Å². The lowest BCUT2D eigenvalue weighted by atomic mass is 10.3. The molecule has 0 aromatic heterocycles. The number of hydrogen-bond donors (Lipinski definition) is 1. The largest absolute Gasteiger partial charge is 0.325 e. The Kier molecular flexibility index (Phi) is 4.58. The van der Waals surface area contributed by atoms with Gasteiger partial charge in [0, 0.05) is 9.26 Å². The van der Waals surface area contributed by atoms with E-state index in [4.69, 9.17) is 0 Å². The second-order valence-electron chi connectivity index (χ2n) is 2.49. The number of carbonyl (C=O) groups is 1. The van der Waals surface area contributed by atoms with Crippen LogP contribution in [0.1, 0.15) is 0 Å². The van der Waals surface area contributed by atoms with Crippen LogP contribution in [0.4, 0.5) is 5.69 Å². The molecule has 0 spiro atoms. The van der Waals surface area contributed by atoms with Gasteiger partial charge in [-0.2, -0.15) is 11.8 Å². The number of carbonyl (C=O) groups excluding carboxylic acids is 1. The average Bonchev–Trinajstić information content (AvgIpc) is 2.04. The smallest absolute Gasteiger partial charge is 0.234 e. The van der Waals surface area contributed by atoms with Crippen molar-refractivity contribution in [3.05, 3.63) is 27.8 Å². The Morgan fingerprint density at radius 1 is 1.62 bits per heavy atom. The van der Waals surface area contributed by atoms with E-state index in [1.54, 1.807) is 0 Å². The molecule has 0 aliphatic carbocycles. The Morgan fingerprint density at radius 2 is 2.38 bits per heavy atom. The lowest BCUT2D eigenvalue weighted by Crippen LogP contribution is -2.13. The summed E-state index contributed by atoms with van der Waals surface area (Å²) in [4.78, 5) is 11.2. The number of anilines is 1. The number of benzene rings is 1. The first-order valence-electron chi connectivity index (χ1n) is 3.76. The molecular weight excluding hydrogens is 297 g/mol. The van der Waals surface area contributed by atoms with E-state index in [2.05, 4.69) is 27.9 Å². The lowest BCUT2D eigenvalue weighted by Gasteiger charge is -2.03. The molecule has 0 heterocycles. The molecule has 70 valence electrons. The highest BCUT2D eigenvalue weighted by atomic mass is 127. The molecule has 4 heteroatoms. The number of thioether (sulfide) groups is 1. The van der Waals surface area contributed by atoms with E-state index < -0.39 is 0 Å². The third kappa shape index (κ3) is 3.99. The van der Waals surface area contributed by atoms with Crippen LogP contribution in [0.5, 0.6) is 0 Å². The Hall–Kier alpha value is -0.230. The number of halogens is 1. The van der Waals surface area contributed by atoms with Crippen molar-refractivity contribution >= 4 is 45.9 Å². The Bertz CT molecular complexity index is 303. The van der Waals surface area contributed by atoms with Gasteiger partial charge in [0.15, 0.2) is 0 Å². The van der Waals surface area contributed by atoms with Crippen LogP contribution in [-0.2, 0) is 4.79 Å². The summed E-state index contributed by atoms with van der Waals surface area (Å²) in [5, 5.41) is 2.82. The van der Waals surface area contributed by atoms with Crippen LogP contribution >= 0.6 is 34.4 Å². The van der Waals surface area contributed by atoms with Gasteiger partial charge < -0.3 is 5.32 Å². The highest BCUT2D eigenvalue weighted by molar-refractivity contribution is 14.1. The van der Waals surface area contributed by atoms with Crippen molar-refractivity contribution in [1.82, 2.24) is 0 Å². The number of amides is 1. The summed E-state index contributed by atoms with van der Waals surface area (Å²) in [5.74, 6) is 0.556. The maximum absolute atomic E-state index is 11.2. The molecule has 2 nitrogen and oxygen atoms in total. The molecule has 0 atom stereocenters. The molecule has 1 rings (SSSR count). The van der Waals surface area contributed by atoms with Crippen molar-refractivity contribution in [1.29, 1.82) is 0 Å². The van der Waals surface area contributed by atoms with Crippen LogP contribution < -0.4 is 5.32 Å². The predicted molar refractivity (Wildman–Crippen MR) is 66.2 cm³/mol. The van der Waals surface area contributed by atoms with E-state index >= 15 is 0 Å². The van der Waals surface area contributed by atoms with Crippen LogP contribution in [0.15, 0.2) is 24.3 Å². The van der Waals surface area contributed by atoms with E-state index in [-0.39, 0.29) is 5.91 Å². The minimum absolute atomic E-state index is 0.0505. The van der Waals surface area contributed by atoms with Crippen LogP contribution in [0.3, 0.4) is 0 Å². The summed E-state index contributed by atoms with van der Waals surface area (Å²) >= 11 is 3.74. The first kappa shape index (κ1) is 10.8. The Morgan fingerprint density at radius 3 is 3.00 bits per heavy atom. The predicted octanol–water partition coefficient (Wildman–Crippen LogP) is 2.59. The van der Waals surface area contributed by atoms with Gasteiger partial charge in [-0.15, -0.1) is 0 Å². The molecule has 13 heavy (non-hydrogen) atoms. The van der Waals surface area contributed by atoms with Crippen molar-refractivity contribution in [3.8, 4) is 0 Å². The van der Waals surface area contributed by atoms with Gasteiger partial charge in [-0.25, -0.2) is 0 Å². The van der Waals surface area contributed by atoms with Crippen molar-refractivity contribution in [2.24, 2.45) is 0 Å². The second kappa shape index (κ2) is 5.49. The van der Waals surface area contributed by atoms with Gasteiger partial charge in [0.1, 0.15) is 0 Å². The monoisotopic (exact) mass is 307 g/mol. The summed E-state index contributed by atoms with van der Waals surface area (Å²) in [6.45, 7) is 0. The van der Waals surface area contributed by atoms with Crippen molar-refractivity contribution in [3.63, 3.8) is 0 Å². The maximum Gasteiger partial charge on any atom is 0.234 e. The number of hydrogen-bond acceptors (Lipinski definition) is 2. The Labute approximate surface area is 95.6 Å². The third-order valence-electron chi connectivity index (χ3n) is 1.38. The fraction of sp³-hybridized carbons (Fsp3) is 0.222. The Balaban J connectivity index is 2.58. The van der Waals surface area contributed by atoms with Gasteiger partial charge in [-0.05, 0) is 47.0 Å². The zero-order valence-corrected chi connectivity index (χ0v) is 10.2. The summed E-state index contributed by atoms with van der Waals surface area (Å²) < 4.78 is 1.12. The lowest BCUT2D eigenvalue weighted by molar-refractivity contribution is -0.113. The molecule has 0 radical (unpaired) electrons. The topological polar surface area (TPSA) is 29.1 Å². The minimum Gasteiger partial charge on any atom is -0.325 e. The fourth-order valence-electron chi connectivity index (χ4n) is 0.894. The van der Waals surface area contributed by atoms with Gasteiger partial charge in [0.2, 0.25) is 5.91 Å². The summed E-state index contributed by atoms with van der Waals surface area (Å²) in [7, 11) is 0. The van der Waals surface area contributed by atoms with Gasteiger partial charge in [-0.3, -0.25) is 4.79 Å². The molecule has 1 amide bonds. The van der Waals surface area contributed by atoms with E-state index in [0.717, 1.165) is 9.26 Å². The van der Waals surface area contributed by atoms with Crippen LogP contribution in [0, 0.1) is 3.57 Å². The second-order valence-corrected chi connectivity index (χ2v) is 4.60. The SMILES string of the molecule is CSCC(=O)Nc1cccc(I)c1. The molecule has 0 unspecified atom stereocenters. The van der Waals surface area contributed by atoms with E-state index in [0.29, 0.717) is 5.75 Å². The summed E-state index contributed by atoms with van der Waals surface area (Å²) in [6.07, 6.45) is 1.91. The first-order chi connectivity index (χ1) is 6.22. The van der Waals surface area contributed by atoms with Gasteiger partial charge >= 0.3 is 0 Å². The van der Waals surface area contributed by atoms with Crippen molar-refractivity contribution in [2.75, 3.05) is 17.3 Å². The standard InChI is InChI=1S/C9H10INOS/c1-13-6-9(12)11-8-4-2-3-7(10)5-8/h2-5H,6H2,1H3,(H,11,12).